The van der Waals surface area contributed by atoms with Gasteiger partial charge in [-0.1, -0.05) is 0 Å². The van der Waals surface area contributed by atoms with E-state index in [4.69, 9.17) is 0 Å². The van der Waals surface area contributed by atoms with E-state index in [0.717, 1.165) is 22.5 Å². The summed E-state index contributed by atoms with van der Waals surface area (Å²) in [5.41, 5.74) is 3.49. The van der Waals surface area contributed by atoms with E-state index in [1.807, 2.05) is 34.3 Å². The van der Waals surface area contributed by atoms with Crippen LogP contribution in [0.3, 0.4) is 0 Å². The van der Waals surface area contributed by atoms with Crippen molar-refractivity contribution in [2.75, 3.05) is 0 Å². The second-order valence-corrected chi connectivity index (χ2v) is 6.96. The van der Waals surface area contributed by atoms with Crippen LogP contribution in [0.1, 0.15) is 5.56 Å². The Bertz CT molecular complexity index is 1080. The predicted molar refractivity (Wildman–Crippen MR) is 104 cm³/mol. The lowest BCUT2D eigenvalue weighted by atomic mass is 10.2. The number of pyridine rings is 1. The highest BCUT2D eigenvalue weighted by molar-refractivity contribution is 7.08. The van der Waals surface area contributed by atoms with Crippen LogP contribution >= 0.6 is 22.7 Å². The van der Waals surface area contributed by atoms with Crippen LogP contribution in [0.25, 0.3) is 11.3 Å². The van der Waals surface area contributed by atoms with Gasteiger partial charge in [0.1, 0.15) is 5.82 Å². The van der Waals surface area contributed by atoms with Crippen LogP contribution < -0.4 is 4.80 Å². The molecule has 0 saturated heterocycles. The van der Waals surface area contributed by atoms with Gasteiger partial charge in [0.15, 0.2) is 0 Å². The van der Waals surface area contributed by atoms with Gasteiger partial charge in [-0.25, -0.2) is 14.1 Å². The molecule has 0 atom stereocenters. The molecule has 0 amide bonds. The summed E-state index contributed by atoms with van der Waals surface area (Å²) in [6, 6.07) is 12.1. The van der Waals surface area contributed by atoms with E-state index in [1.165, 1.54) is 23.5 Å². The zero-order chi connectivity index (χ0) is 17.8. The standard InChI is InChI=1S/C19H13FN4S2/c20-16-5-3-15(4-6-16)18-13-26-19(23-17-2-1-8-21-11-17)24(18)22-10-14-7-9-25-12-14/h1-13H/b22-10+,23-19?. The molecule has 0 saturated carbocycles. The maximum absolute atomic E-state index is 13.3. The molecule has 0 radical (unpaired) electrons. The van der Waals surface area contributed by atoms with Gasteiger partial charge in [0, 0.05) is 22.7 Å². The molecule has 0 unspecified atom stereocenters. The van der Waals surface area contributed by atoms with Crippen molar-refractivity contribution in [1.29, 1.82) is 0 Å². The van der Waals surface area contributed by atoms with Gasteiger partial charge in [0.2, 0.25) is 4.80 Å². The quantitative estimate of drug-likeness (QED) is 0.463. The molecule has 0 fully saturated rings. The fraction of sp³-hybridized carbons (Fsp3) is 0. The number of nitrogens with zero attached hydrogens (tertiary/aromatic N) is 4. The molecule has 26 heavy (non-hydrogen) atoms. The summed E-state index contributed by atoms with van der Waals surface area (Å²) in [7, 11) is 0. The number of hydrogen-bond acceptors (Lipinski definition) is 5. The molecule has 7 heteroatoms. The lowest BCUT2D eigenvalue weighted by Crippen LogP contribution is -2.11. The number of thiophene rings is 1. The highest BCUT2D eigenvalue weighted by atomic mass is 32.1. The van der Waals surface area contributed by atoms with E-state index in [1.54, 1.807) is 46.8 Å². The van der Waals surface area contributed by atoms with Crippen molar-refractivity contribution in [3.8, 4) is 11.3 Å². The van der Waals surface area contributed by atoms with E-state index in [2.05, 4.69) is 15.1 Å². The van der Waals surface area contributed by atoms with E-state index >= 15 is 0 Å². The lowest BCUT2D eigenvalue weighted by molar-refractivity contribution is 0.628. The van der Waals surface area contributed by atoms with Crippen LogP contribution in [0.15, 0.2) is 81.1 Å². The first-order chi connectivity index (χ1) is 12.8. The SMILES string of the molecule is Fc1ccc(-c2csc(=Nc3cccnc3)n2/N=C/c2ccsc2)cc1. The van der Waals surface area contributed by atoms with E-state index in [9.17, 15) is 4.39 Å². The first-order valence-corrected chi connectivity index (χ1v) is 9.60. The zero-order valence-electron chi connectivity index (χ0n) is 13.5. The van der Waals surface area contributed by atoms with Gasteiger partial charge in [-0.2, -0.15) is 16.4 Å². The molecular formula is C19H13FN4S2. The van der Waals surface area contributed by atoms with Gasteiger partial charge >= 0.3 is 0 Å². The van der Waals surface area contributed by atoms with Gasteiger partial charge in [-0.3, -0.25) is 4.98 Å². The fourth-order valence-electron chi connectivity index (χ4n) is 2.31. The monoisotopic (exact) mass is 380 g/mol. The predicted octanol–water partition coefficient (Wildman–Crippen LogP) is 4.93. The number of halogens is 1. The molecule has 3 heterocycles. The van der Waals surface area contributed by atoms with E-state index in [-0.39, 0.29) is 5.82 Å². The molecule has 4 aromatic rings. The van der Waals surface area contributed by atoms with Crippen LogP contribution in [0.2, 0.25) is 0 Å². The Labute approximate surface area is 157 Å². The van der Waals surface area contributed by atoms with Crippen molar-refractivity contribution < 1.29 is 4.39 Å². The van der Waals surface area contributed by atoms with Crippen LogP contribution in [-0.4, -0.2) is 15.9 Å². The highest BCUT2D eigenvalue weighted by Gasteiger charge is 2.08. The first kappa shape index (κ1) is 16.6. The van der Waals surface area contributed by atoms with Crippen molar-refractivity contribution in [1.82, 2.24) is 9.66 Å². The summed E-state index contributed by atoms with van der Waals surface area (Å²) in [6.45, 7) is 0. The summed E-state index contributed by atoms with van der Waals surface area (Å²) in [6.07, 6.45) is 5.20. The molecule has 0 spiro atoms. The minimum Gasteiger partial charge on any atom is -0.262 e. The van der Waals surface area contributed by atoms with E-state index < -0.39 is 0 Å². The maximum atomic E-state index is 13.3. The smallest absolute Gasteiger partial charge is 0.211 e. The molecule has 1 aromatic carbocycles. The minimum atomic E-state index is -0.266. The van der Waals surface area contributed by atoms with Gasteiger partial charge in [-0.05, 0) is 53.2 Å². The third-order valence-corrected chi connectivity index (χ3v) is 5.08. The summed E-state index contributed by atoms with van der Waals surface area (Å²) in [5.74, 6) is -0.266. The van der Waals surface area contributed by atoms with Gasteiger partial charge in [-0.15, -0.1) is 11.3 Å². The van der Waals surface area contributed by atoms with E-state index in [0.29, 0.717) is 4.80 Å². The minimum absolute atomic E-state index is 0.266. The summed E-state index contributed by atoms with van der Waals surface area (Å²) < 4.78 is 15.0. The molecule has 3 aromatic heterocycles. The molecule has 4 rings (SSSR count). The molecule has 0 aliphatic carbocycles. The topological polar surface area (TPSA) is 42.5 Å². The second-order valence-electron chi connectivity index (χ2n) is 5.35. The summed E-state index contributed by atoms with van der Waals surface area (Å²) >= 11 is 3.09. The summed E-state index contributed by atoms with van der Waals surface area (Å²) in [5, 5.41) is 10.6. The average Bonchev–Trinajstić information content (AvgIpc) is 3.32. The zero-order valence-corrected chi connectivity index (χ0v) is 15.1. The molecule has 0 N–H and O–H groups in total. The largest absolute Gasteiger partial charge is 0.262 e. The fourth-order valence-corrected chi connectivity index (χ4v) is 3.78. The molecule has 0 aliphatic heterocycles. The van der Waals surface area contributed by atoms with Gasteiger partial charge in [0.25, 0.3) is 0 Å². The Hall–Kier alpha value is -2.90. The number of aromatic nitrogens is 2. The normalized spacial score (nSPS) is 12.1. The maximum Gasteiger partial charge on any atom is 0.211 e. The summed E-state index contributed by atoms with van der Waals surface area (Å²) in [4.78, 5) is 9.45. The van der Waals surface area contributed by atoms with Crippen LogP contribution in [0.5, 0.6) is 0 Å². The molecule has 128 valence electrons. The molecular weight excluding hydrogens is 367 g/mol. The molecule has 4 nitrogen and oxygen atoms in total. The van der Waals surface area contributed by atoms with Crippen molar-refractivity contribution in [2.45, 2.75) is 0 Å². The lowest BCUT2D eigenvalue weighted by Gasteiger charge is -2.03. The van der Waals surface area contributed by atoms with Crippen molar-refractivity contribution in [3.05, 3.63) is 87.2 Å². The Balaban J connectivity index is 1.84. The van der Waals surface area contributed by atoms with Crippen molar-refractivity contribution >= 4 is 34.6 Å². The van der Waals surface area contributed by atoms with Crippen LogP contribution in [0.4, 0.5) is 10.1 Å². The Morgan fingerprint density at radius 2 is 1.96 bits per heavy atom. The number of rotatable bonds is 4. The Morgan fingerprint density at radius 1 is 1.08 bits per heavy atom. The van der Waals surface area contributed by atoms with Crippen LogP contribution in [0, 0.1) is 5.82 Å². The second kappa shape index (κ2) is 7.55. The van der Waals surface area contributed by atoms with Crippen molar-refractivity contribution in [2.24, 2.45) is 10.1 Å². The average molecular weight is 380 g/mol. The number of thiazole rings is 1. The van der Waals surface area contributed by atoms with Gasteiger partial charge < -0.3 is 0 Å². The Kier molecular flexibility index (Phi) is 4.81. The molecule has 0 aliphatic rings. The highest BCUT2D eigenvalue weighted by Crippen LogP contribution is 2.21. The van der Waals surface area contributed by atoms with Crippen LogP contribution in [-0.2, 0) is 0 Å². The number of hydrogen-bond donors (Lipinski definition) is 0. The van der Waals surface area contributed by atoms with Crippen molar-refractivity contribution in [3.63, 3.8) is 0 Å². The molecule has 0 bridgehead atoms. The number of benzene rings is 1. The Morgan fingerprint density at radius 3 is 2.69 bits per heavy atom. The third kappa shape index (κ3) is 3.68. The third-order valence-electron chi connectivity index (χ3n) is 3.56. The first-order valence-electron chi connectivity index (χ1n) is 7.77. The van der Waals surface area contributed by atoms with Gasteiger partial charge in [0.05, 0.1) is 23.8 Å².